The molecule has 1 heterocycles. The van der Waals surface area contributed by atoms with Crippen molar-refractivity contribution < 1.29 is 28.6 Å². The third-order valence-corrected chi connectivity index (χ3v) is 6.85. The second-order valence-electron chi connectivity index (χ2n) is 8.52. The Labute approximate surface area is 198 Å². The van der Waals surface area contributed by atoms with Gasteiger partial charge in [-0.3, -0.25) is 0 Å². The number of aliphatic hydroxyl groups is 1. The first-order valence-corrected chi connectivity index (χ1v) is 11.6. The molecule has 0 fully saturated rings. The highest BCUT2D eigenvalue weighted by Crippen LogP contribution is 2.46. The molecule has 1 aromatic heterocycles. The third kappa shape index (κ3) is 3.32. The van der Waals surface area contributed by atoms with Gasteiger partial charge in [0, 0.05) is 10.9 Å². The van der Waals surface area contributed by atoms with Crippen molar-refractivity contribution in [3.8, 4) is 23.0 Å². The van der Waals surface area contributed by atoms with E-state index in [2.05, 4.69) is 18.2 Å². The summed E-state index contributed by atoms with van der Waals surface area (Å²) >= 11 is 0. The molecule has 0 unspecified atom stereocenters. The molecule has 0 radical (unpaired) electrons. The van der Waals surface area contributed by atoms with Gasteiger partial charge in [-0.25, -0.2) is 0 Å². The highest BCUT2D eigenvalue weighted by Gasteiger charge is 2.25. The van der Waals surface area contributed by atoms with Crippen molar-refractivity contribution in [1.29, 1.82) is 0 Å². The molecule has 0 atom stereocenters. The quantitative estimate of drug-likeness (QED) is 0.309. The number of benzene rings is 3. The van der Waals surface area contributed by atoms with Gasteiger partial charge in [-0.2, -0.15) is 4.57 Å². The van der Waals surface area contributed by atoms with E-state index in [0.29, 0.717) is 17.2 Å². The van der Waals surface area contributed by atoms with Crippen LogP contribution in [0.25, 0.3) is 38.0 Å². The second kappa shape index (κ2) is 9.03. The van der Waals surface area contributed by atoms with Gasteiger partial charge in [-0.15, -0.1) is 0 Å². The molecule has 0 bridgehead atoms. The summed E-state index contributed by atoms with van der Waals surface area (Å²) < 4.78 is 24.7. The Hall–Kier alpha value is -3.51. The van der Waals surface area contributed by atoms with Crippen molar-refractivity contribution in [2.75, 3.05) is 28.4 Å². The van der Waals surface area contributed by atoms with Crippen LogP contribution in [0.15, 0.2) is 42.6 Å². The molecule has 5 rings (SSSR count). The number of aliphatic hydroxyl groups excluding tert-OH is 1. The zero-order valence-corrected chi connectivity index (χ0v) is 20.1. The van der Waals surface area contributed by atoms with E-state index in [1.54, 1.807) is 28.4 Å². The van der Waals surface area contributed by atoms with Gasteiger partial charge in [-0.05, 0) is 60.9 Å². The minimum atomic E-state index is -0.182. The van der Waals surface area contributed by atoms with Crippen LogP contribution >= 0.6 is 0 Å². The van der Waals surface area contributed by atoms with Gasteiger partial charge < -0.3 is 24.1 Å². The molecular formula is C28H30NO5+. The molecular weight excluding hydrogens is 430 g/mol. The van der Waals surface area contributed by atoms with Crippen LogP contribution in [0.2, 0.25) is 0 Å². The Morgan fingerprint density at radius 3 is 2.15 bits per heavy atom. The van der Waals surface area contributed by atoms with Crippen LogP contribution in [0.1, 0.15) is 31.2 Å². The Bertz CT molecular complexity index is 1440. The highest BCUT2D eigenvalue weighted by molar-refractivity contribution is 6.17. The van der Waals surface area contributed by atoms with Crippen LogP contribution in [-0.2, 0) is 6.73 Å². The van der Waals surface area contributed by atoms with Crippen LogP contribution in [-0.4, -0.2) is 33.5 Å². The lowest BCUT2D eigenvalue weighted by Crippen LogP contribution is -2.34. The maximum atomic E-state index is 10.4. The number of rotatable bonds is 6. The molecule has 1 N–H and O–H groups in total. The van der Waals surface area contributed by atoms with E-state index in [0.717, 1.165) is 63.0 Å². The van der Waals surface area contributed by atoms with Gasteiger partial charge in [0.15, 0.2) is 29.2 Å². The van der Waals surface area contributed by atoms with Gasteiger partial charge in [0.05, 0.1) is 44.6 Å². The first-order chi connectivity index (χ1) is 16.7. The van der Waals surface area contributed by atoms with Gasteiger partial charge in [0.1, 0.15) is 0 Å². The predicted octanol–water partition coefficient (Wildman–Crippen LogP) is 5.38. The fourth-order valence-corrected chi connectivity index (χ4v) is 5.33. The van der Waals surface area contributed by atoms with E-state index in [9.17, 15) is 5.11 Å². The van der Waals surface area contributed by atoms with Crippen molar-refractivity contribution in [2.24, 2.45) is 0 Å². The first kappa shape index (κ1) is 22.3. The molecule has 0 saturated carbocycles. The smallest absolute Gasteiger partial charge is 0.250 e. The van der Waals surface area contributed by atoms with Crippen LogP contribution in [0, 0.1) is 0 Å². The van der Waals surface area contributed by atoms with E-state index >= 15 is 0 Å². The zero-order chi connectivity index (χ0) is 23.8. The van der Waals surface area contributed by atoms with E-state index in [1.165, 1.54) is 12.0 Å². The van der Waals surface area contributed by atoms with Crippen molar-refractivity contribution >= 4 is 38.0 Å². The largest absolute Gasteiger partial charge is 0.493 e. The van der Waals surface area contributed by atoms with Gasteiger partial charge in [0.25, 0.3) is 6.73 Å². The molecule has 0 spiro atoms. The lowest BCUT2D eigenvalue weighted by molar-refractivity contribution is -0.704. The number of nitrogens with zero attached hydrogens (tertiary/aromatic N) is 1. The number of hydrogen-bond acceptors (Lipinski definition) is 5. The summed E-state index contributed by atoms with van der Waals surface area (Å²) in [5.41, 5.74) is 3.29. The maximum Gasteiger partial charge on any atom is 0.250 e. The second-order valence-corrected chi connectivity index (χ2v) is 8.52. The number of pyridine rings is 1. The standard InChI is InChI=1S/C28H30NO5/c1-31-23-13-12-18-20-11-10-19-21(26(20)29(16-30)15-22(18)27(23)33-3)14-24(32-2)28(34-4)25(19)17-8-6-5-7-9-17/h8,10-15,30H,5-7,9,16H2,1-4H3/q+1. The Kier molecular flexibility index (Phi) is 5.92. The minimum Gasteiger partial charge on any atom is -0.493 e. The van der Waals surface area contributed by atoms with Crippen molar-refractivity contribution in [2.45, 2.75) is 32.4 Å². The van der Waals surface area contributed by atoms with E-state index in [-0.39, 0.29) is 6.73 Å². The van der Waals surface area contributed by atoms with Crippen molar-refractivity contribution in [3.63, 3.8) is 0 Å². The average Bonchev–Trinajstić information content (AvgIpc) is 2.90. The fraction of sp³-hybridized carbons (Fsp3) is 0.321. The van der Waals surface area contributed by atoms with E-state index < -0.39 is 0 Å². The monoisotopic (exact) mass is 460 g/mol. The number of aromatic nitrogens is 1. The van der Waals surface area contributed by atoms with E-state index in [4.69, 9.17) is 18.9 Å². The summed E-state index contributed by atoms with van der Waals surface area (Å²) in [6, 6.07) is 10.3. The fourth-order valence-electron chi connectivity index (χ4n) is 5.33. The molecule has 0 aliphatic heterocycles. The molecule has 6 nitrogen and oxygen atoms in total. The number of allylic oxidation sites excluding steroid dienone is 2. The molecule has 0 amide bonds. The maximum absolute atomic E-state index is 10.4. The SMILES string of the molecule is COc1cc2c(ccc3c4ccc(OC)c(OC)c4c[n+](CO)c23)c(C2=CCCCC2)c1OC. The third-order valence-electron chi connectivity index (χ3n) is 6.85. The number of ether oxygens (including phenoxy) is 4. The summed E-state index contributed by atoms with van der Waals surface area (Å²) in [4.78, 5) is 0. The molecule has 34 heavy (non-hydrogen) atoms. The van der Waals surface area contributed by atoms with Gasteiger partial charge >= 0.3 is 0 Å². The molecule has 4 aromatic rings. The Balaban J connectivity index is 1.96. The topological polar surface area (TPSA) is 61.0 Å². The summed E-state index contributed by atoms with van der Waals surface area (Å²) in [5, 5.41) is 15.4. The zero-order valence-electron chi connectivity index (χ0n) is 20.1. The predicted molar refractivity (Wildman–Crippen MR) is 134 cm³/mol. The molecule has 6 heteroatoms. The minimum absolute atomic E-state index is 0.182. The highest BCUT2D eigenvalue weighted by atomic mass is 16.5. The number of methoxy groups -OCH3 is 4. The van der Waals surface area contributed by atoms with Crippen molar-refractivity contribution in [1.82, 2.24) is 0 Å². The van der Waals surface area contributed by atoms with Crippen molar-refractivity contribution in [3.05, 3.63) is 48.2 Å². The lowest BCUT2D eigenvalue weighted by atomic mass is 9.88. The Morgan fingerprint density at radius 2 is 1.50 bits per heavy atom. The summed E-state index contributed by atoms with van der Waals surface area (Å²) in [7, 11) is 6.62. The van der Waals surface area contributed by atoms with Crippen LogP contribution in [0.3, 0.4) is 0 Å². The van der Waals surface area contributed by atoms with E-state index in [1.807, 2.05) is 29.0 Å². The molecule has 3 aromatic carbocycles. The average molecular weight is 461 g/mol. The lowest BCUT2D eigenvalue weighted by Gasteiger charge is -2.21. The van der Waals surface area contributed by atoms with Crippen LogP contribution in [0.4, 0.5) is 0 Å². The first-order valence-electron chi connectivity index (χ1n) is 11.6. The number of fused-ring (bicyclic) bond motifs is 5. The van der Waals surface area contributed by atoms with Crippen LogP contribution < -0.4 is 23.5 Å². The normalized spacial score (nSPS) is 13.9. The van der Waals surface area contributed by atoms with Crippen LogP contribution in [0.5, 0.6) is 23.0 Å². The Morgan fingerprint density at radius 1 is 0.765 bits per heavy atom. The number of hydrogen-bond donors (Lipinski definition) is 1. The van der Waals surface area contributed by atoms with Gasteiger partial charge in [0.2, 0.25) is 5.52 Å². The summed E-state index contributed by atoms with van der Waals surface area (Å²) in [6.45, 7) is -0.182. The molecule has 1 aliphatic rings. The molecule has 176 valence electrons. The summed E-state index contributed by atoms with van der Waals surface area (Å²) in [5.74, 6) is 2.73. The van der Waals surface area contributed by atoms with Gasteiger partial charge in [-0.1, -0.05) is 12.1 Å². The molecule has 0 saturated heterocycles. The molecule has 1 aliphatic carbocycles. The summed E-state index contributed by atoms with van der Waals surface area (Å²) in [6.07, 6.45) is 8.68.